The fourth-order valence-corrected chi connectivity index (χ4v) is 3.06. The summed E-state index contributed by atoms with van der Waals surface area (Å²) in [6.07, 6.45) is 7.28. The molecule has 0 aliphatic carbocycles. The van der Waals surface area contributed by atoms with Crippen molar-refractivity contribution in [2.75, 3.05) is 13.1 Å². The molecule has 0 saturated heterocycles. The van der Waals surface area contributed by atoms with E-state index in [2.05, 4.69) is 33.9 Å². The maximum atomic E-state index is 11.5. The molecule has 0 bridgehead atoms. The van der Waals surface area contributed by atoms with Crippen molar-refractivity contribution in [2.45, 2.75) is 32.7 Å². The fraction of sp³-hybridized carbons (Fsp3) is 0.389. The van der Waals surface area contributed by atoms with E-state index in [1.165, 1.54) is 11.1 Å². The van der Waals surface area contributed by atoms with Gasteiger partial charge >= 0.3 is 0 Å². The zero-order valence-corrected chi connectivity index (χ0v) is 13.1. The molecule has 0 saturated carbocycles. The van der Waals surface area contributed by atoms with Gasteiger partial charge in [0.15, 0.2) is 5.78 Å². The molecule has 4 nitrogen and oxygen atoms in total. The Morgan fingerprint density at radius 1 is 1.18 bits per heavy atom. The van der Waals surface area contributed by atoms with Crippen LogP contribution in [0.1, 0.15) is 47.1 Å². The summed E-state index contributed by atoms with van der Waals surface area (Å²) in [4.78, 5) is 22.6. The molecular weight excluding hydrogens is 274 g/mol. The average molecular weight is 295 g/mol. The zero-order valence-electron chi connectivity index (χ0n) is 13.1. The van der Waals surface area contributed by atoms with Crippen LogP contribution in [-0.4, -0.2) is 33.7 Å². The van der Waals surface area contributed by atoms with Gasteiger partial charge in [-0.25, -0.2) is 0 Å². The Labute approximate surface area is 131 Å². The molecule has 1 atom stereocenters. The molecule has 0 radical (unpaired) electrons. The third-order valence-corrected chi connectivity index (χ3v) is 4.51. The highest BCUT2D eigenvalue weighted by atomic mass is 16.1. The third-order valence-electron chi connectivity index (χ3n) is 4.51. The van der Waals surface area contributed by atoms with Crippen LogP contribution in [0.4, 0.5) is 0 Å². The molecule has 3 rings (SSSR count). The monoisotopic (exact) mass is 295 g/mol. The van der Waals surface area contributed by atoms with Gasteiger partial charge in [-0.2, -0.15) is 0 Å². The van der Waals surface area contributed by atoms with Crippen LogP contribution in [0.3, 0.4) is 0 Å². The first-order valence-electron chi connectivity index (χ1n) is 7.78. The molecule has 4 heteroatoms. The molecule has 0 amide bonds. The lowest BCUT2D eigenvalue weighted by Crippen LogP contribution is -2.30. The van der Waals surface area contributed by atoms with Gasteiger partial charge in [0.2, 0.25) is 0 Å². The van der Waals surface area contributed by atoms with Gasteiger partial charge < -0.3 is 0 Å². The van der Waals surface area contributed by atoms with Gasteiger partial charge in [0.1, 0.15) is 0 Å². The minimum absolute atomic E-state index is 0.136. The van der Waals surface area contributed by atoms with Gasteiger partial charge in [0.05, 0.1) is 11.7 Å². The number of nitrogens with zero attached hydrogens (tertiary/aromatic N) is 3. The van der Waals surface area contributed by atoms with Crippen molar-refractivity contribution in [3.63, 3.8) is 0 Å². The van der Waals surface area contributed by atoms with Crippen LogP contribution in [0.25, 0.3) is 0 Å². The van der Waals surface area contributed by atoms with Crippen molar-refractivity contribution in [1.82, 2.24) is 14.9 Å². The molecule has 0 fully saturated rings. The second-order valence-corrected chi connectivity index (χ2v) is 5.88. The summed E-state index contributed by atoms with van der Waals surface area (Å²) in [5, 5.41) is 0. The number of carbonyl (C=O) groups excluding carboxylic acids is 1. The lowest BCUT2D eigenvalue weighted by molar-refractivity contribution is 0.101. The fourth-order valence-electron chi connectivity index (χ4n) is 3.06. The molecule has 0 N–H and O–H groups in total. The van der Waals surface area contributed by atoms with Crippen LogP contribution in [-0.2, 0) is 12.8 Å². The van der Waals surface area contributed by atoms with Gasteiger partial charge in [0.25, 0.3) is 0 Å². The molecule has 2 heterocycles. The molecule has 114 valence electrons. The Morgan fingerprint density at radius 3 is 2.64 bits per heavy atom. The Hall–Kier alpha value is -2.07. The predicted octanol–water partition coefficient (Wildman–Crippen LogP) is 2.84. The highest BCUT2D eigenvalue weighted by molar-refractivity contribution is 5.94. The largest absolute Gasteiger partial charge is 0.295 e. The second-order valence-electron chi connectivity index (χ2n) is 5.88. The average Bonchev–Trinajstić information content (AvgIpc) is 2.77. The number of rotatable bonds is 3. The van der Waals surface area contributed by atoms with Gasteiger partial charge in [-0.15, -0.1) is 0 Å². The van der Waals surface area contributed by atoms with Crippen LogP contribution in [0, 0.1) is 0 Å². The molecule has 2 aromatic rings. The van der Waals surface area contributed by atoms with Crippen LogP contribution < -0.4 is 0 Å². The summed E-state index contributed by atoms with van der Waals surface area (Å²) in [5.41, 5.74) is 4.49. The summed E-state index contributed by atoms with van der Waals surface area (Å²) in [5.74, 6) is 0.136. The van der Waals surface area contributed by atoms with Crippen molar-refractivity contribution in [3.8, 4) is 0 Å². The standard InChI is InChI=1S/C18H21N3O/c1-13(18-12-19-7-8-20-18)21-9-5-15-3-4-16(14(2)22)11-17(15)6-10-21/h3-4,7-8,11-13H,5-6,9-10H2,1-2H3. The van der Waals surface area contributed by atoms with E-state index < -0.39 is 0 Å². The number of carbonyl (C=O) groups is 1. The molecule has 0 spiro atoms. The summed E-state index contributed by atoms with van der Waals surface area (Å²) < 4.78 is 0. The van der Waals surface area contributed by atoms with E-state index in [0.717, 1.165) is 37.2 Å². The summed E-state index contributed by atoms with van der Waals surface area (Å²) in [6, 6.07) is 6.38. The van der Waals surface area contributed by atoms with E-state index in [0.29, 0.717) is 0 Å². The number of ketones is 1. The van der Waals surface area contributed by atoms with E-state index in [9.17, 15) is 4.79 Å². The number of hydrogen-bond donors (Lipinski definition) is 0. The Morgan fingerprint density at radius 2 is 1.95 bits per heavy atom. The van der Waals surface area contributed by atoms with Gasteiger partial charge in [0, 0.05) is 37.2 Å². The number of aromatic nitrogens is 2. The number of benzene rings is 1. The van der Waals surface area contributed by atoms with Crippen LogP contribution in [0.15, 0.2) is 36.8 Å². The summed E-state index contributed by atoms with van der Waals surface area (Å²) in [7, 11) is 0. The normalized spacial score (nSPS) is 16.6. The number of hydrogen-bond acceptors (Lipinski definition) is 4. The highest BCUT2D eigenvalue weighted by Crippen LogP contribution is 2.23. The molecule has 1 unspecified atom stereocenters. The molecule has 1 aliphatic rings. The minimum Gasteiger partial charge on any atom is -0.295 e. The first kappa shape index (κ1) is 14.9. The highest BCUT2D eigenvalue weighted by Gasteiger charge is 2.21. The molecule has 1 aromatic carbocycles. The van der Waals surface area contributed by atoms with E-state index in [1.807, 2.05) is 12.3 Å². The van der Waals surface area contributed by atoms with Crippen molar-refractivity contribution in [3.05, 3.63) is 59.2 Å². The quantitative estimate of drug-likeness (QED) is 0.817. The minimum atomic E-state index is 0.136. The van der Waals surface area contributed by atoms with Crippen LogP contribution in [0.5, 0.6) is 0 Å². The van der Waals surface area contributed by atoms with Crippen molar-refractivity contribution in [1.29, 1.82) is 0 Å². The van der Waals surface area contributed by atoms with Crippen molar-refractivity contribution >= 4 is 5.78 Å². The van der Waals surface area contributed by atoms with Crippen LogP contribution in [0.2, 0.25) is 0 Å². The van der Waals surface area contributed by atoms with Gasteiger partial charge in [-0.1, -0.05) is 12.1 Å². The maximum Gasteiger partial charge on any atom is 0.159 e. The molecule has 1 aromatic heterocycles. The molecular formula is C18H21N3O. The summed E-state index contributed by atoms with van der Waals surface area (Å²) in [6.45, 7) is 5.79. The maximum absolute atomic E-state index is 11.5. The first-order chi connectivity index (χ1) is 10.6. The first-order valence-corrected chi connectivity index (χ1v) is 7.78. The lowest BCUT2D eigenvalue weighted by atomic mass is 9.99. The molecule has 1 aliphatic heterocycles. The number of fused-ring (bicyclic) bond motifs is 1. The van der Waals surface area contributed by atoms with Gasteiger partial charge in [-0.3, -0.25) is 19.7 Å². The Balaban J connectivity index is 1.77. The van der Waals surface area contributed by atoms with Crippen molar-refractivity contribution in [2.24, 2.45) is 0 Å². The number of Topliss-reactive ketones (excluding diaryl/α,β-unsaturated/α-hetero) is 1. The van der Waals surface area contributed by atoms with Crippen molar-refractivity contribution < 1.29 is 4.79 Å². The van der Waals surface area contributed by atoms with E-state index in [4.69, 9.17) is 0 Å². The van der Waals surface area contributed by atoms with E-state index in [-0.39, 0.29) is 11.8 Å². The summed E-state index contributed by atoms with van der Waals surface area (Å²) >= 11 is 0. The third kappa shape index (κ3) is 3.07. The van der Waals surface area contributed by atoms with E-state index >= 15 is 0 Å². The Kier molecular flexibility index (Phi) is 4.29. The molecule has 22 heavy (non-hydrogen) atoms. The lowest BCUT2D eigenvalue weighted by Gasteiger charge is -2.26. The smallest absolute Gasteiger partial charge is 0.159 e. The van der Waals surface area contributed by atoms with Crippen LogP contribution >= 0.6 is 0 Å². The Bertz CT molecular complexity index is 669. The predicted molar refractivity (Wildman–Crippen MR) is 85.9 cm³/mol. The zero-order chi connectivity index (χ0) is 15.5. The SMILES string of the molecule is CC(=O)c1ccc2c(c1)CCN(C(C)c1cnccn1)CC2. The van der Waals surface area contributed by atoms with Gasteiger partial charge in [-0.05, 0) is 43.9 Å². The van der Waals surface area contributed by atoms with E-state index in [1.54, 1.807) is 19.3 Å². The second kappa shape index (κ2) is 6.36. The topological polar surface area (TPSA) is 46.1 Å².